The Hall–Kier alpha value is -2.25. The molecule has 1 fully saturated rings. The van der Waals surface area contributed by atoms with Crippen molar-refractivity contribution in [1.82, 2.24) is 19.5 Å². The number of anilines is 1. The van der Waals surface area contributed by atoms with Crippen molar-refractivity contribution in [3.63, 3.8) is 0 Å². The highest BCUT2D eigenvalue weighted by Crippen LogP contribution is 2.22. The molecule has 0 radical (unpaired) electrons. The van der Waals surface area contributed by atoms with Gasteiger partial charge >= 0.3 is 0 Å². The van der Waals surface area contributed by atoms with Gasteiger partial charge in [-0.2, -0.15) is 4.52 Å². The van der Waals surface area contributed by atoms with Crippen molar-refractivity contribution < 1.29 is 0 Å². The standard InChI is InChI=1S/C21H27N5OS/c1-2-3-12-25-13-8-7-11-17(25)15-22-20-24-26-19(27)14-18(23-21(26)28-20)16-9-5-4-6-10-16/h4-6,9-10,14,17H,2-3,7-8,11-13,15H2,1H3,(H,22,24)/t17-/m0/s1. The summed E-state index contributed by atoms with van der Waals surface area (Å²) >= 11 is 1.44. The van der Waals surface area contributed by atoms with Gasteiger partial charge in [0, 0.05) is 24.2 Å². The second-order valence-electron chi connectivity index (χ2n) is 7.37. The Balaban J connectivity index is 1.50. The largest absolute Gasteiger partial charge is 0.359 e. The smallest absolute Gasteiger partial charge is 0.275 e. The number of piperidine rings is 1. The molecule has 0 bridgehead atoms. The summed E-state index contributed by atoms with van der Waals surface area (Å²) < 4.78 is 1.40. The quantitative estimate of drug-likeness (QED) is 0.655. The van der Waals surface area contributed by atoms with Crippen LogP contribution in [0.25, 0.3) is 16.2 Å². The van der Waals surface area contributed by atoms with Gasteiger partial charge in [-0.25, -0.2) is 4.98 Å². The third-order valence-corrected chi connectivity index (χ3v) is 6.22. The van der Waals surface area contributed by atoms with Crippen LogP contribution in [0.3, 0.4) is 0 Å². The lowest BCUT2D eigenvalue weighted by Crippen LogP contribution is -2.44. The molecule has 3 heterocycles. The van der Waals surface area contributed by atoms with Crippen molar-refractivity contribution >= 4 is 21.4 Å². The molecule has 1 aromatic carbocycles. The summed E-state index contributed by atoms with van der Waals surface area (Å²) in [4.78, 5) is 20.4. The predicted molar refractivity (Wildman–Crippen MR) is 115 cm³/mol. The predicted octanol–water partition coefficient (Wildman–Crippen LogP) is 3.88. The van der Waals surface area contributed by atoms with E-state index < -0.39 is 0 Å². The molecular formula is C21H27N5OS. The maximum absolute atomic E-state index is 12.5. The zero-order valence-electron chi connectivity index (χ0n) is 16.3. The van der Waals surface area contributed by atoms with Crippen LogP contribution in [-0.4, -0.2) is 45.2 Å². The van der Waals surface area contributed by atoms with Crippen LogP contribution < -0.4 is 10.9 Å². The first-order valence-electron chi connectivity index (χ1n) is 10.2. The summed E-state index contributed by atoms with van der Waals surface area (Å²) in [7, 11) is 0. The number of likely N-dealkylation sites (tertiary alicyclic amines) is 1. The lowest BCUT2D eigenvalue weighted by molar-refractivity contribution is 0.154. The molecule has 0 amide bonds. The fourth-order valence-corrected chi connectivity index (χ4v) is 4.60. The molecule has 0 aliphatic carbocycles. The third kappa shape index (κ3) is 4.25. The Labute approximate surface area is 169 Å². The number of nitrogens with one attached hydrogen (secondary N) is 1. The van der Waals surface area contributed by atoms with Gasteiger partial charge in [0.25, 0.3) is 5.56 Å². The lowest BCUT2D eigenvalue weighted by atomic mass is 10.0. The van der Waals surface area contributed by atoms with E-state index in [0.29, 0.717) is 16.7 Å². The SMILES string of the molecule is CCCCN1CCCC[C@H]1CNc1nn2c(=O)cc(-c3ccccc3)nc2s1. The summed E-state index contributed by atoms with van der Waals surface area (Å²) in [6, 6.07) is 11.9. The van der Waals surface area contributed by atoms with Crippen molar-refractivity contribution in [2.24, 2.45) is 0 Å². The molecule has 1 aliphatic rings. The van der Waals surface area contributed by atoms with Gasteiger partial charge in [-0.3, -0.25) is 9.69 Å². The Bertz CT molecular complexity index is 968. The van der Waals surface area contributed by atoms with Crippen LogP contribution in [0, 0.1) is 0 Å². The van der Waals surface area contributed by atoms with Crippen LogP contribution in [0.4, 0.5) is 5.13 Å². The van der Waals surface area contributed by atoms with Gasteiger partial charge in [0.1, 0.15) is 0 Å². The number of hydrogen-bond donors (Lipinski definition) is 1. The Morgan fingerprint density at radius 2 is 2.11 bits per heavy atom. The average molecular weight is 398 g/mol. The van der Waals surface area contributed by atoms with Gasteiger partial charge in [-0.05, 0) is 32.4 Å². The van der Waals surface area contributed by atoms with Crippen LogP contribution in [0.5, 0.6) is 0 Å². The van der Waals surface area contributed by atoms with E-state index in [4.69, 9.17) is 0 Å². The van der Waals surface area contributed by atoms with Crippen LogP contribution in [0.2, 0.25) is 0 Å². The zero-order chi connectivity index (χ0) is 19.3. The maximum atomic E-state index is 12.5. The first-order chi connectivity index (χ1) is 13.7. The normalized spacial score (nSPS) is 17.8. The summed E-state index contributed by atoms with van der Waals surface area (Å²) in [5, 5.41) is 8.67. The van der Waals surface area contributed by atoms with Crippen molar-refractivity contribution in [3.05, 3.63) is 46.8 Å². The van der Waals surface area contributed by atoms with Gasteiger partial charge in [-0.15, -0.1) is 5.10 Å². The van der Waals surface area contributed by atoms with Crippen LogP contribution in [-0.2, 0) is 0 Å². The van der Waals surface area contributed by atoms with Crippen LogP contribution in [0.15, 0.2) is 41.2 Å². The molecule has 1 atom stereocenters. The second-order valence-corrected chi connectivity index (χ2v) is 8.32. The first-order valence-corrected chi connectivity index (χ1v) is 11.0. The van der Waals surface area contributed by atoms with Gasteiger partial charge in [0.05, 0.1) is 5.69 Å². The molecular weight excluding hydrogens is 370 g/mol. The highest BCUT2D eigenvalue weighted by Gasteiger charge is 2.22. The highest BCUT2D eigenvalue weighted by atomic mass is 32.1. The summed E-state index contributed by atoms with van der Waals surface area (Å²) in [5.74, 6) is 0. The summed E-state index contributed by atoms with van der Waals surface area (Å²) in [5.41, 5.74) is 1.49. The summed E-state index contributed by atoms with van der Waals surface area (Å²) in [6.07, 6.45) is 6.28. The van der Waals surface area contributed by atoms with Gasteiger partial charge in [0.2, 0.25) is 10.1 Å². The minimum Gasteiger partial charge on any atom is -0.359 e. The van der Waals surface area contributed by atoms with E-state index in [1.54, 1.807) is 6.07 Å². The number of hydrogen-bond acceptors (Lipinski definition) is 6. The fraction of sp³-hybridized carbons (Fsp3) is 0.476. The van der Waals surface area contributed by atoms with Crippen molar-refractivity contribution in [3.8, 4) is 11.3 Å². The van der Waals surface area contributed by atoms with Crippen molar-refractivity contribution in [1.29, 1.82) is 0 Å². The Morgan fingerprint density at radius 3 is 2.93 bits per heavy atom. The van der Waals surface area contributed by atoms with E-state index in [-0.39, 0.29) is 5.56 Å². The molecule has 0 spiro atoms. The number of nitrogens with zero attached hydrogens (tertiary/aromatic N) is 4. The monoisotopic (exact) mass is 397 g/mol. The minimum absolute atomic E-state index is 0.143. The molecule has 0 unspecified atom stereocenters. The maximum Gasteiger partial charge on any atom is 0.275 e. The topological polar surface area (TPSA) is 62.5 Å². The number of unbranched alkanes of at least 4 members (excludes halogenated alkanes) is 1. The van der Waals surface area contributed by atoms with Crippen LogP contribution >= 0.6 is 11.3 Å². The number of aromatic nitrogens is 3. The third-order valence-electron chi connectivity index (χ3n) is 5.35. The molecule has 3 aromatic rings. The molecule has 6 nitrogen and oxygen atoms in total. The van der Waals surface area contributed by atoms with E-state index >= 15 is 0 Å². The number of benzene rings is 1. The van der Waals surface area contributed by atoms with Gasteiger partial charge < -0.3 is 5.32 Å². The van der Waals surface area contributed by atoms with E-state index in [9.17, 15) is 4.79 Å². The van der Waals surface area contributed by atoms with E-state index in [2.05, 4.69) is 27.2 Å². The molecule has 1 N–H and O–H groups in total. The molecule has 7 heteroatoms. The molecule has 28 heavy (non-hydrogen) atoms. The molecule has 1 aliphatic heterocycles. The molecule has 148 valence electrons. The number of fused-ring (bicyclic) bond motifs is 1. The lowest BCUT2D eigenvalue weighted by Gasteiger charge is -2.35. The van der Waals surface area contributed by atoms with Crippen molar-refractivity contribution in [2.75, 3.05) is 25.0 Å². The van der Waals surface area contributed by atoms with E-state index in [1.807, 2.05) is 30.3 Å². The Morgan fingerprint density at radius 1 is 1.25 bits per heavy atom. The molecule has 0 saturated carbocycles. The van der Waals surface area contributed by atoms with Crippen molar-refractivity contribution in [2.45, 2.75) is 45.1 Å². The zero-order valence-corrected chi connectivity index (χ0v) is 17.1. The van der Waals surface area contributed by atoms with Gasteiger partial charge in [0.15, 0.2) is 0 Å². The number of rotatable bonds is 7. The highest BCUT2D eigenvalue weighted by molar-refractivity contribution is 7.20. The average Bonchev–Trinajstić information content (AvgIpc) is 3.15. The van der Waals surface area contributed by atoms with E-state index in [1.165, 1.54) is 61.0 Å². The molecule has 2 aromatic heterocycles. The van der Waals surface area contributed by atoms with Gasteiger partial charge in [-0.1, -0.05) is 61.4 Å². The first kappa shape index (κ1) is 19.1. The Kier molecular flexibility index (Phi) is 6.02. The second kappa shape index (κ2) is 8.84. The van der Waals surface area contributed by atoms with E-state index in [0.717, 1.165) is 17.2 Å². The minimum atomic E-state index is -0.143. The molecule has 4 rings (SSSR count). The molecule has 1 saturated heterocycles. The van der Waals surface area contributed by atoms with Crippen LogP contribution in [0.1, 0.15) is 39.0 Å². The summed E-state index contributed by atoms with van der Waals surface area (Å²) in [6.45, 7) is 5.47. The fourth-order valence-electron chi connectivity index (χ4n) is 3.79.